The molecular formula is C10H15FN2O. The first-order chi connectivity index (χ1) is 6.69. The number of rotatable bonds is 2. The predicted molar refractivity (Wildman–Crippen MR) is 50.1 cm³/mol. The number of carbonyl (C=O) groups is 1. The van der Waals surface area contributed by atoms with Gasteiger partial charge in [-0.05, 0) is 19.3 Å². The molecule has 0 aromatic heterocycles. The van der Waals surface area contributed by atoms with E-state index in [1.54, 1.807) is 6.92 Å². The number of hydrogen-bond acceptors (Lipinski definition) is 2. The Bertz CT molecular complexity index is 249. The number of amides is 1. The Morgan fingerprint density at radius 2 is 2.50 bits per heavy atom. The van der Waals surface area contributed by atoms with Crippen molar-refractivity contribution >= 4 is 5.91 Å². The highest BCUT2D eigenvalue weighted by Gasteiger charge is 2.27. The zero-order chi connectivity index (χ0) is 10.6. The van der Waals surface area contributed by atoms with Gasteiger partial charge in [0.25, 0.3) is 0 Å². The highest BCUT2D eigenvalue weighted by Crippen LogP contribution is 2.16. The van der Waals surface area contributed by atoms with Gasteiger partial charge in [0, 0.05) is 6.54 Å². The second kappa shape index (κ2) is 4.94. The van der Waals surface area contributed by atoms with Crippen LogP contribution in [0, 0.1) is 17.2 Å². The van der Waals surface area contributed by atoms with Crippen LogP contribution in [0.2, 0.25) is 0 Å². The first-order valence-corrected chi connectivity index (χ1v) is 5.01. The highest BCUT2D eigenvalue weighted by atomic mass is 19.1. The van der Waals surface area contributed by atoms with E-state index in [0.29, 0.717) is 25.8 Å². The summed E-state index contributed by atoms with van der Waals surface area (Å²) in [5, 5.41) is 8.70. The highest BCUT2D eigenvalue weighted by molar-refractivity contribution is 5.81. The molecule has 2 unspecified atom stereocenters. The van der Waals surface area contributed by atoms with E-state index < -0.39 is 12.1 Å². The Morgan fingerprint density at radius 3 is 3.00 bits per heavy atom. The number of hydrogen-bond donors (Lipinski definition) is 0. The van der Waals surface area contributed by atoms with E-state index in [2.05, 4.69) is 0 Å². The molecular weight excluding hydrogens is 183 g/mol. The Balaban J connectivity index is 2.55. The van der Waals surface area contributed by atoms with Crippen LogP contribution < -0.4 is 0 Å². The molecule has 2 atom stereocenters. The van der Waals surface area contributed by atoms with Crippen LogP contribution in [0.25, 0.3) is 0 Å². The zero-order valence-electron chi connectivity index (χ0n) is 8.37. The fourth-order valence-corrected chi connectivity index (χ4v) is 1.67. The lowest BCUT2D eigenvalue weighted by Crippen LogP contribution is -2.43. The number of alkyl halides is 1. The van der Waals surface area contributed by atoms with Gasteiger partial charge >= 0.3 is 0 Å². The number of nitriles is 1. The molecule has 4 heteroatoms. The van der Waals surface area contributed by atoms with E-state index in [1.807, 2.05) is 6.07 Å². The van der Waals surface area contributed by atoms with E-state index in [1.165, 1.54) is 4.90 Å². The SMILES string of the molecule is CCC(C#N)C(=O)N1CCCC(F)C1. The van der Waals surface area contributed by atoms with Crippen LogP contribution in [0.4, 0.5) is 4.39 Å². The summed E-state index contributed by atoms with van der Waals surface area (Å²) in [5.74, 6) is -0.808. The van der Waals surface area contributed by atoms with Crippen LogP contribution in [-0.2, 0) is 4.79 Å². The molecule has 0 spiro atoms. The van der Waals surface area contributed by atoms with Crippen molar-refractivity contribution in [2.75, 3.05) is 13.1 Å². The lowest BCUT2D eigenvalue weighted by Gasteiger charge is -2.30. The smallest absolute Gasteiger partial charge is 0.240 e. The van der Waals surface area contributed by atoms with Crippen molar-refractivity contribution < 1.29 is 9.18 Å². The molecule has 1 fully saturated rings. The van der Waals surface area contributed by atoms with Crippen molar-refractivity contribution in [3.8, 4) is 6.07 Å². The number of carbonyl (C=O) groups excluding carboxylic acids is 1. The van der Waals surface area contributed by atoms with Gasteiger partial charge in [-0.3, -0.25) is 4.79 Å². The first kappa shape index (κ1) is 11.0. The predicted octanol–water partition coefficient (Wildman–Crippen LogP) is 1.50. The van der Waals surface area contributed by atoms with Gasteiger partial charge < -0.3 is 4.90 Å². The van der Waals surface area contributed by atoms with Crippen molar-refractivity contribution in [2.24, 2.45) is 5.92 Å². The number of likely N-dealkylation sites (tertiary alicyclic amines) is 1. The van der Waals surface area contributed by atoms with E-state index >= 15 is 0 Å². The first-order valence-electron chi connectivity index (χ1n) is 5.01. The molecule has 1 amide bonds. The van der Waals surface area contributed by atoms with Crippen LogP contribution in [-0.4, -0.2) is 30.1 Å². The molecule has 3 nitrogen and oxygen atoms in total. The molecule has 14 heavy (non-hydrogen) atoms. The number of halogens is 1. The number of nitrogens with zero attached hydrogens (tertiary/aromatic N) is 2. The van der Waals surface area contributed by atoms with E-state index in [-0.39, 0.29) is 12.5 Å². The lowest BCUT2D eigenvalue weighted by molar-refractivity contribution is -0.135. The molecule has 0 N–H and O–H groups in total. The van der Waals surface area contributed by atoms with Crippen molar-refractivity contribution in [3.05, 3.63) is 0 Å². The van der Waals surface area contributed by atoms with Crippen LogP contribution in [0.5, 0.6) is 0 Å². The minimum absolute atomic E-state index is 0.164. The van der Waals surface area contributed by atoms with Gasteiger partial charge in [0.2, 0.25) is 5.91 Å². The topological polar surface area (TPSA) is 44.1 Å². The average molecular weight is 198 g/mol. The minimum Gasteiger partial charge on any atom is -0.339 e. The van der Waals surface area contributed by atoms with Crippen LogP contribution in [0.15, 0.2) is 0 Å². The molecule has 0 radical (unpaired) electrons. The van der Waals surface area contributed by atoms with Gasteiger partial charge in [0.1, 0.15) is 12.1 Å². The summed E-state index contributed by atoms with van der Waals surface area (Å²) >= 11 is 0. The van der Waals surface area contributed by atoms with E-state index in [9.17, 15) is 9.18 Å². The summed E-state index contributed by atoms with van der Waals surface area (Å²) in [5.41, 5.74) is 0. The average Bonchev–Trinajstić information content (AvgIpc) is 2.19. The molecule has 1 aliphatic heterocycles. The molecule has 0 aromatic carbocycles. The molecule has 1 heterocycles. The molecule has 1 aliphatic rings. The van der Waals surface area contributed by atoms with Crippen LogP contribution in [0.3, 0.4) is 0 Å². The lowest BCUT2D eigenvalue weighted by atomic mass is 10.0. The second-order valence-electron chi connectivity index (χ2n) is 3.61. The monoisotopic (exact) mass is 198 g/mol. The van der Waals surface area contributed by atoms with E-state index in [0.717, 1.165) is 0 Å². The standard InChI is InChI=1S/C10H15FN2O/c1-2-8(6-12)10(14)13-5-3-4-9(11)7-13/h8-9H,2-5,7H2,1H3. The third-order valence-electron chi connectivity index (χ3n) is 2.54. The van der Waals surface area contributed by atoms with Gasteiger partial charge in [-0.15, -0.1) is 0 Å². The Hall–Kier alpha value is -1.11. The molecule has 0 saturated carbocycles. The normalized spacial score (nSPS) is 24.1. The van der Waals surface area contributed by atoms with E-state index in [4.69, 9.17) is 5.26 Å². The molecule has 0 bridgehead atoms. The third-order valence-corrected chi connectivity index (χ3v) is 2.54. The van der Waals surface area contributed by atoms with Crippen molar-refractivity contribution in [1.29, 1.82) is 5.26 Å². The van der Waals surface area contributed by atoms with Gasteiger partial charge in [-0.25, -0.2) is 4.39 Å². The Kier molecular flexibility index (Phi) is 3.87. The third kappa shape index (κ3) is 2.44. The fourth-order valence-electron chi connectivity index (χ4n) is 1.67. The zero-order valence-corrected chi connectivity index (χ0v) is 8.37. The summed E-state index contributed by atoms with van der Waals surface area (Å²) in [6.45, 7) is 2.55. The molecule has 78 valence electrons. The summed E-state index contributed by atoms with van der Waals surface area (Å²) in [4.78, 5) is 13.1. The largest absolute Gasteiger partial charge is 0.339 e. The summed E-state index contributed by atoms with van der Waals surface area (Å²) in [7, 11) is 0. The van der Waals surface area contributed by atoms with Gasteiger partial charge in [0.15, 0.2) is 0 Å². The maximum atomic E-state index is 13.0. The van der Waals surface area contributed by atoms with Gasteiger partial charge in [-0.1, -0.05) is 6.92 Å². The fraction of sp³-hybridized carbons (Fsp3) is 0.800. The van der Waals surface area contributed by atoms with Crippen molar-refractivity contribution in [2.45, 2.75) is 32.4 Å². The van der Waals surface area contributed by atoms with Crippen LogP contribution >= 0.6 is 0 Å². The van der Waals surface area contributed by atoms with Crippen LogP contribution in [0.1, 0.15) is 26.2 Å². The Morgan fingerprint density at radius 1 is 1.79 bits per heavy atom. The van der Waals surface area contributed by atoms with Crippen molar-refractivity contribution in [1.82, 2.24) is 4.90 Å². The number of piperidine rings is 1. The Labute approximate surface area is 83.5 Å². The van der Waals surface area contributed by atoms with Crippen molar-refractivity contribution in [3.63, 3.8) is 0 Å². The quantitative estimate of drug-likeness (QED) is 0.674. The minimum atomic E-state index is -0.913. The molecule has 0 aliphatic carbocycles. The summed E-state index contributed by atoms with van der Waals surface area (Å²) in [6, 6.07) is 1.95. The van der Waals surface area contributed by atoms with Gasteiger partial charge in [0.05, 0.1) is 12.6 Å². The molecule has 1 rings (SSSR count). The second-order valence-corrected chi connectivity index (χ2v) is 3.61. The maximum Gasteiger partial charge on any atom is 0.240 e. The van der Waals surface area contributed by atoms with Gasteiger partial charge in [-0.2, -0.15) is 5.26 Å². The summed E-state index contributed by atoms with van der Waals surface area (Å²) in [6.07, 6.45) is 0.828. The maximum absolute atomic E-state index is 13.0. The molecule has 0 aromatic rings. The summed E-state index contributed by atoms with van der Waals surface area (Å²) < 4.78 is 13.0. The molecule has 1 saturated heterocycles.